The third-order valence-corrected chi connectivity index (χ3v) is 5.91. The van der Waals surface area contributed by atoms with Crippen molar-refractivity contribution in [2.75, 3.05) is 31.6 Å². The zero-order chi connectivity index (χ0) is 18.5. The van der Waals surface area contributed by atoms with E-state index in [1.165, 1.54) is 16.0 Å². The van der Waals surface area contributed by atoms with Crippen LogP contribution in [0.2, 0.25) is 0 Å². The number of hydrogen-bond donors (Lipinski definition) is 2. The molecular weight excluding hydrogens is 362 g/mol. The number of nitrogens with one attached hydrogen (secondary N) is 2. The van der Waals surface area contributed by atoms with Crippen LogP contribution < -0.4 is 10.6 Å². The van der Waals surface area contributed by atoms with Gasteiger partial charge in [0.15, 0.2) is 5.11 Å². The van der Waals surface area contributed by atoms with Crippen molar-refractivity contribution in [3.8, 4) is 0 Å². The summed E-state index contributed by atoms with van der Waals surface area (Å²) in [7, 11) is 0. The lowest BCUT2D eigenvalue weighted by Crippen LogP contribution is -2.49. The summed E-state index contributed by atoms with van der Waals surface area (Å²) in [5.41, 5.74) is 3.47. The predicted molar refractivity (Wildman–Crippen MR) is 114 cm³/mol. The Balaban J connectivity index is 1.69. The Hall–Kier alpha value is -1.47. The third-order valence-electron chi connectivity index (χ3n) is 4.75. The highest BCUT2D eigenvalue weighted by atomic mass is 32.1. The number of thiophene rings is 1. The van der Waals surface area contributed by atoms with Crippen LogP contribution in [0.4, 0.5) is 5.69 Å². The summed E-state index contributed by atoms with van der Waals surface area (Å²) in [6.45, 7) is 9.87. The Kier molecular flexibility index (Phi) is 6.64. The standard InChI is InChI=1S/C20H27N3OS2/c1-14-6-7-15(2)17(13-14)22-20(25)21-16(3)19(18-5-4-12-26-18)23-8-10-24-11-9-23/h4-7,12-13,16,19H,8-11H2,1-3H3,(H2,21,22,25)/t16-,19-/m0/s1. The van der Waals surface area contributed by atoms with Gasteiger partial charge in [-0.2, -0.15) is 0 Å². The number of anilines is 1. The van der Waals surface area contributed by atoms with Crippen molar-refractivity contribution >= 4 is 34.4 Å². The van der Waals surface area contributed by atoms with Crippen LogP contribution >= 0.6 is 23.6 Å². The van der Waals surface area contributed by atoms with Gasteiger partial charge < -0.3 is 15.4 Å². The van der Waals surface area contributed by atoms with Gasteiger partial charge in [0.2, 0.25) is 0 Å². The molecule has 0 aliphatic carbocycles. The monoisotopic (exact) mass is 389 g/mol. The van der Waals surface area contributed by atoms with Crippen molar-refractivity contribution in [1.29, 1.82) is 0 Å². The fourth-order valence-electron chi connectivity index (χ4n) is 3.37. The molecule has 140 valence electrons. The molecule has 0 bridgehead atoms. The molecule has 1 aliphatic rings. The summed E-state index contributed by atoms with van der Waals surface area (Å²) in [6, 6.07) is 11.2. The third kappa shape index (κ3) is 4.82. The molecule has 6 heteroatoms. The normalized spacial score (nSPS) is 17.5. The summed E-state index contributed by atoms with van der Waals surface area (Å²) >= 11 is 7.41. The molecule has 1 aliphatic heterocycles. The van der Waals surface area contributed by atoms with E-state index < -0.39 is 0 Å². The van der Waals surface area contributed by atoms with E-state index in [-0.39, 0.29) is 12.1 Å². The first kappa shape index (κ1) is 19.3. The molecule has 26 heavy (non-hydrogen) atoms. The van der Waals surface area contributed by atoms with Crippen LogP contribution in [0.3, 0.4) is 0 Å². The number of aryl methyl sites for hydroxylation is 2. The summed E-state index contributed by atoms with van der Waals surface area (Å²) in [5, 5.41) is 9.68. The van der Waals surface area contributed by atoms with Gasteiger partial charge in [-0.1, -0.05) is 18.2 Å². The Morgan fingerprint density at radius 3 is 2.69 bits per heavy atom. The Morgan fingerprint density at radius 2 is 2.00 bits per heavy atom. The molecule has 2 heterocycles. The number of nitrogens with zero attached hydrogens (tertiary/aromatic N) is 1. The molecule has 0 unspecified atom stereocenters. The van der Waals surface area contributed by atoms with Crippen molar-refractivity contribution in [2.45, 2.75) is 32.9 Å². The second-order valence-corrected chi connectivity index (χ2v) is 8.20. The van der Waals surface area contributed by atoms with E-state index in [9.17, 15) is 0 Å². The Bertz CT molecular complexity index is 727. The van der Waals surface area contributed by atoms with Crippen LogP contribution in [-0.2, 0) is 4.74 Å². The number of benzene rings is 1. The molecule has 3 rings (SSSR count). The SMILES string of the molecule is Cc1ccc(C)c(NC(=S)N[C@@H](C)[C@@H](c2cccs2)N2CCOCC2)c1. The molecule has 0 radical (unpaired) electrons. The zero-order valence-electron chi connectivity index (χ0n) is 15.6. The van der Waals surface area contributed by atoms with Crippen molar-refractivity contribution in [1.82, 2.24) is 10.2 Å². The number of thiocarbonyl (C=S) groups is 1. The van der Waals surface area contributed by atoms with Crippen LogP contribution in [0.25, 0.3) is 0 Å². The molecular formula is C20H27N3OS2. The van der Waals surface area contributed by atoms with Crippen LogP contribution in [0.1, 0.15) is 29.0 Å². The van der Waals surface area contributed by atoms with Gasteiger partial charge in [-0.3, -0.25) is 4.90 Å². The maximum atomic E-state index is 5.60. The number of hydrogen-bond acceptors (Lipinski definition) is 4. The molecule has 2 N–H and O–H groups in total. The summed E-state index contributed by atoms with van der Waals surface area (Å²) in [5.74, 6) is 0. The van der Waals surface area contributed by atoms with E-state index in [0.29, 0.717) is 5.11 Å². The van der Waals surface area contributed by atoms with Crippen molar-refractivity contribution in [3.05, 3.63) is 51.7 Å². The lowest BCUT2D eigenvalue weighted by atomic mass is 10.1. The highest BCUT2D eigenvalue weighted by molar-refractivity contribution is 7.80. The van der Waals surface area contributed by atoms with E-state index >= 15 is 0 Å². The molecule has 1 saturated heterocycles. The van der Waals surface area contributed by atoms with Gasteiger partial charge in [0.1, 0.15) is 0 Å². The second-order valence-electron chi connectivity index (χ2n) is 6.81. The molecule has 1 fully saturated rings. The minimum atomic E-state index is 0.192. The molecule has 1 aromatic heterocycles. The molecule has 4 nitrogen and oxygen atoms in total. The van der Waals surface area contributed by atoms with Crippen LogP contribution in [0.5, 0.6) is 0 Å². The Morgan fingerprint density at radius 1 is 1.23 bits per heavy atom. The predicted octanol–water partition coefficient (Wildman–Crippen LogP) is 4.11. The van der Waals surface area contributed by atoms with E-state index in [4.69, 9.17) is 17.0 Å². The number of morpholine rings is 1. The number of rotatable bonds is 5. The molecule has 0 spiro atoms. The first-order valence-electron chi connectivity index (χ1n) is 9.04. The van der Waals surface area contributed by atoms with E-state index in [2.05, 4.69) is 72.0 Å². The van der Waals surface area contributed by atoms with E-state index in [0.717, 1.165) is 32.0 Å². The van der Waals surface area contributed by atoms with Gasteiger partial charge in [-0.15, -0.1) is 11.3 Å². The van der Waals surface area contributed by atoms with Gasteiger partial charge in [0.05, 0.1) is 19.3 Å². The molecule has 2 atom stereocenters. The minimum Gasteiger partial charge on any atom is -0.379 e. The smallest absolute Gasteiger partial charge is 0.171 e. The van der Waals surface area contributed by atoms with Crippen molar-refractivity contribution in [3.63, 3.8) is 0 Å². The summed E-state index contributed by atoms with van der Waals surface area (Å²) in [4.78, 5) is 3.86. The molecule has 1 aromatic carbocycles. The maximum Gasteiger partial charge on any atom is 0.171 e. The highest BCUT2D eigenvalue weighted by Gasteiger charge is 2.28. The average Bonchev–Trinajstić information content (AvgIpc) is 3.13. The fourth-order valence-corrected chi connectivity index (χ4v) is 4.63. The first-order chi connectivity index (χ1) is 12.5. The summed E-state index contributed by atoms with van der Waals surface area (Å²) < 4.78 is 5.53. The van der Waals surface area contributed by atoms with Gasteiger partial charge in [-0.25, -0.2) is 0 Å². The first-order valence-corrected chi connectivity index (χ1v) is 10.3. The maximum absolute atomic E-state index is 5.60. The zero-order valence-corrected chi connectivity index (χ0v) is 17.3. The highest BCUT2D eigenvalue weighted by Crippen LogP contribution is 2.29. The van der Waals surface area contributed by atoms with Crippen LogP contribution in [-0.4, -0.2) is 42.4 Å². The van der Waals surface area contributed by atoms with Crippen molar-refractivity contribution < 1.29 is 4.74 Å². The van der Waals surface area contributed by atoms with E-state index in [1.807, 2.05) is 0 Å². The fraction of sp³-hybridized carbons (Fsp3) is 0.450. The molecule has 0 amide bonds. The largest absolute Gasteiger partial charge is 0.379 e. The quantitative estimate of drug-likeness (QED) is 0.753. The lowest BCUT2D eigenvalue weighted by Gasteiger charge is -2.38. The average molecular weight is 390 g/mol. The number of ether oxygens (including phenoxy) is 1. The summed E-state index contributed by atoms with van der Waals surface area (Å²) in [6.07, 6.45) is 0. The van der Waals surface area contributed by atoms with Gasteiger partial charge in [-0.05, 0) is 61.6 Å². The van der Waals surface area contributed by atoms with Crippen LogP contribution in [0, 0.1) is 13.8 Å². The minimum absolute atomic E-state index is 0.192. The second kappa shape index (κ2) is 8.95. The topological polar surface area (TPSA) is 36.5 Å². The molecule has 0 saturated carbocycles. The van der Waals surface area contributed by atoms with Crippen LogP contribution in [0.15, 0.2) is 35.7 Å². The Labute approximate surface area is 165 Å². The van der Waals surface area contributed by atoms with E-state index in [1.54, 1.807) is 11.3 Å². The van der Waals surface area contributed by atoms with Gasteiger partial charge >= 0.3 is 0 Å². The lowest BCUT2D eigenvalue weighted by molar-refractivity contribution is 0.0110. The van der Waals surface area contributed by atoms with Gasteiger partial charge in [0, 0.05) is 29.7 Å². The van der Waals surface area contributed by atoms with Crippen molar-refractivity contribution in [2.24, 2.45) is 0 Å². The van der Waals surface area contributed by atoms with Gasteiger partial charge in [0.25, 0.3) is 0 Å². The molecule has 2 aromatic rings.